The number of rotatable bonds is 5. The molecule has 0 aliphatic heterocycles. The van der Waals surface area contributed by atoms with Crippen LogP contribution < -0.4 is 0 Å². The highest BCUT2D eigenvalue weighted by Gasteiger charge is 2.23. The van der Waals surface area contributed by atoms with Crippen molar-refractivity contribution >= 4 is 20.8 Å². The van der Waals surface area contributed by atoms with Crippen LogP contribution >= 0.6 is 0 Å². The lowest BCUT2D eigenvalue weighted by Gasteiger charge is -2.21. The minimum absolute atomic E-state index is 0.343. The Morgan fingerprint density at radius 3 is 2.33 bits per heavy atom. The standard InChI is InChI=1S/C20H21NO2S/c1-3-21(15-17-8-6-7-16(2)13-17)24(22,23)20-12-11-18-9-4-5-10-19(18)14-20/h4-14H,3,15H2,1-2H3. The third-order valence-electron chi connectivity index (χ3n) is 4.15. The molecule has 0 saturated heterocycles. The summed E-state index contributed by atoms with van der Waals surface area (Å²) in [5, 5.41) is 1.98. The SMILES string of the molecule is CCN(Cc1cccc(C)c1)S(=O)(=O)c1ccc2ccccc2c1. The lowest BCUT2D eigenvalue weighted by atomic mass is 10.1. The Labute approximate surface area is 143 Å². The minimum Gasteiger partial charge on any atom is -0.207 e. The first-order valence-electron chi connectivity index (χ1n) is 8.05. The van der Waals surface area contributed by atoms with E-state index in [1.165, 1.54) is 4.31 Å². The molecule has 0 fully saturated rings. The fourth-order valence-corrected chi connectivity index (χ4v) is 4.33. The molecule has 24 heavy (non-hydrogen) atoms. The van der Waals surface area contributed by atoms with Crippen LogP contribution in [0, 0.1) is 6.92 Å². The van der Waals surface area contributed by atoms with E-state index < -0.39 is 10.0 Å². The summed E-state index contributed by atoms with van der Waals surface area (Å²) in [6.45, 7) is 4.70. The van der Waals surface area contributed by atoms with Gasteiger partial charge in [-0.2, -0.15) is 4.31 Å². The Morgan fingerprint density at radius 1 is 0.875 bits per heavy atom. The van der Waals surface area contributed by atoms with Crippen molar-refractivity contribution in [1.82, 2.24) is 4.31 Å². The number of nitrogens with zero attached hydrogens (tertiary/aromatic N) is 1. The van der Waals surface area contributed by atoms with Crippen LogP contribution in [0.1, 0.15) is 18.1 Å². The van der Waals surface area contributed by atoms with Crippen LogP contribution in [0.15, 0.2) is 71.6 Å². The van der Waals surface area contributed by atoms with Gasteiger partial charge in [-0.25, -0.2) is 8.42 Å². The molecule has 0 unspecified atom stereocenters. The van der Waals surface area contributed by atoms with E-state index in [4.69, 9.17) is 0 Å². The Balaban J connectivity index is 1.96. The number of sulfonamides is 1. The smallest absolute Gasteiger partial charge is 0.207 e. The maximum atomic E-state index is 13.0. The summed E-state index contributed by atoms with van der Waals surface area (Å²) in [5.41, 5.74) is 2.13. The maximum absolute atomic E-state index is 13.0. The molecule has 0 amide bonds. The highest BCUT2D eigenvalue weighted by Crippen LogP contribution is 2.23. The van der Waals surface area contributed by atoms with Gasteiger partial charge in [-0.1, -0.05) is 67.1 Å². The molecule has 0 heterocycles. The van der Waals surface area contributed by atoms with Crippen molar-refractivity contribution in [3.8, 4) is 0 Å². The number of benzene rings is 3. The average molecular weight is 339 g/mol. The zero-order valence-corrected chi connectivity index (χ0v) is 14.8. The van der Waals surface area contributed by atoms with Gasteiger partial charge in [0.25, 0.3) is 0 Å². The molecule has 0 aliphatic rings. The molecule has 3 aromatic carbocycles. The Hall–Kier alpha value is -2.17. The van der Waals surface area contributed by atoms with E-state index in [1.54, 1.807) is 12.1 Å². The second-order valence-corrected chi connectivity index (χ2v) is 7.87. The van der Waals surface area contributed by atoms with E-state index in [1.807, 2.05) is 68.4 Å². The van der Waals surface area contributed by atoms with Gasteiger partial charge in [-0.05, 0) is 35.4 Å². The van der Waals surface area contributed by atoms with Crippen molar-refractivity contribution in [3.05, 3.63) is 77.9 Å². The van der Waals surface area contributed by atoms with E-state index >= 15 is 0 Å². The van der Waals surface area contributed by atoms with Crippen molar-refractivity contribution in [3.63, 3.8) is 0 Å². The van der Waals surface area contributed by atoms with Crippen molar-refractivity contribution in [2.24, 2.45) is 0 Å². The first kappa shape index (κ1) is 16.7. The molecule has 0 aromatic heterocycles. The molecule has 3 aromatic rings. The summed E-state index contributed by atoms with van der Waals surface area (Å²) in [4.78, 5) is 0.343. The van der Waals surface area contributed by atoms with Gasteiger partial charge in [-0.15, -0.1) is 0 Å². The third-order valence-corrected chi connectivity index (χ3v) is 6.07. The van der Waals surface area contributed by atoms with Crippen molar-refractivity contribution < 1.29 is 8.42 Å². The van der Waals surface area contributed by atoms with Crippen LogP contribution in [0.25, 0.3) is 10.8 Å². The van der Waals surface area contributed by atoms with Crippen LogP contribution in [0.4, 0.5) is 0 Å². The number of hydrogen-bond donors (Lipinski definition) is 0. The van der Waals surface area contributed by atoms with Crippen molar-refractivity contribution in [2.75, 3.05) is 6.54 Å². The largest absolute Gasteiger partial charge is 0.243 e. The predicted molar refractivity (Wildman–Crippen MR) is 98.4 cm³/mol. The number of fused-ring (bicyclic) bond motifs is 1. The highest BCUT2D eigenvalue weighted by atomic mass is 32.2. The van der Waals surface area contributed by atoms with Gasteiger partial charge in [0, 0.05) is 13.1 Å². The summed E-state index contributed by atoms with van der Waals surface area (Å²) < 4.78 is 27.6. The van der Waals surface area contributed by atoms with Gasteiger partial charge in [0.1, 0.15) is 0 Å². The summed E-state index contributed by atoms with van der Waals surface area (Å²) >= 11 is 0. The zero-order valence-electron chi connectivity index (χ0n) is 13.9. The molecule has 124 valence electrons. The van der Waals surface area contributed by atoms with Crippen LogP contribution in [0.5, 0.6) is 0 Å². The highest BCUT2D eigenvalue weighted by molar-refractivity contribution is 7.89. The van der Waals surface area contributed by atoms with E-state index in [0.29, 0.717) is 18.0 Å². The average Bonchev–Trinajstić information content (AvgIpc) is 2.59. The van der Waals surface area contributed by atoms with Gasteiger partial charge in [0.15, 0.2) is 0 Å². The normalized spacial score (nSPS) is 12.0. The molecular weight excluding hydrogens is 318 g/mol. The van der Waals surface area contributed by atoms with Gasteiger partial charge < -0.3 is 0 Å². The molecule has 0 bridgehead atoms. The molecule has 0 spiro atoms. The monoisotopic (exact) mass is 339 g/mol. The molecule has 0 atom stereocenters. The quantitative estimate of drug-likeness (QED) is 0.692. The van der Waals surface area contributed by atoms with Crippen LogP contribution in [0.3, 0.4) is 0 Å². The molecule has 0 saturated carbocycles. The summed E-state index contributed by atoms with van der Waals surface area (Å²) in [6, 6.07) is 21.1. The van der Waals surface area contributed by atoms with Crippen molar-refractivity contribution in [1.29, 1.82) is 0 Å². The summed E-state index contributed by atoms with van der Waals surface area (Å²) in [5.74, 6) is 0. The van der Waals surface area contributed by atoms with Crippen LogP contribution in [-0.2, 0) is 16.6 Å². The topological polar surface area (TPSA) is 37.4 Å². The Morgan fingerprint density at radius 2 is 1.62 bits per heavy atom. The van der Waals surface area contributed by atoms with Gasteiger partial charge >= 0.3 is 0 Å². The molecule has 3 nitrogen and oxygen atoms in total. The lowest BCUT2D eigenvalue weighted by Crippen LogP contribution is -2.30. The first-order chi connectivity index (χ1) is 11.5. The van der Waals surface area contributed by atoms with E-state index in [-0.39, 0.29) is 0 Å². The lowest BCUT2D eigenvalue weighted by molar-refractivity contribution is 0.423. The van der Waals surface area contributed by atoms with Crippen LogP contribution in [0.2, 0.25) is 0 Å². The summed E-state index contributed by atoms with van der Waals surface area (Å²) in [6.07, 6.45) is 0. The fraction of sp³-hybridized carbons (Fsp3) is 0.200. The molecule has 4 heteroatoms. The molecule has 0 aliphatic carbocycles. The number of aryl methyl sites for hydroxylation is 1. The van der Waals surface area contributed by atoms with E-state index in [0.717, 1.165) is 21.9 Å². The first-order valence-corrected chi connectivity index (χ1v) is 9.49. The maximum Gasteiger partial charge on any atom is 0.243 e. The molecular formula is C20H21NO2S. The van der Waals surface area contributed by atoms with E-state index in [9.17, 15) is 8.42 Å². The molecule has 0 N–H and O–H groups in total. The van der Waals surface area contributed by atoms with Gasteiger partial charge in [0.2, 0.25) is 10.0 Å². The van der Waals surface area contributed by atoms with E-state index in [2.05, 4.69) is 0 Å². The van der Waals surface area contributed by atoms with Gasteiger partial charge in [-0.3, -0.25) is 0 Å². The molecule has 3 rings (SSSR count). The zero-order chi connectivity index (χ0) is 17.2. The second-order valence-electron chi connectivity index (χ2n) is 5.93. The third kappa shape index (κ3) is 3.35. The predicted octanol–water partition coefficient (Wildman–Crippen LogP) is 4.36. The second kappa shape index (κ2) is 6.75. The van der Waals surface area contributed by atoms with Crippen LogP contribution in [-0.4, -0.2) is 19.3 Å². The van der Waals surface area contributed by atoms with Crippen molar-refractivity contribution in [2.45, 2.75) is 25.3 Å². The summed E-state index contributed by atoms with van der Waals surface area (Å²) in [7, 11) is -3.52. The minimum atomic E-state index is -3.52. The number of hydrogen-bond acceptors (Lipinski definition) is 2. The van der Waals surface area contributed by atoms with Gasteiger partial charge in [0.05, 0.1) is 4.90 Å². The fourth-order valence-electron chi connectivity index (χ4n) is 2.86. The Bertz CT molecular complexity index is 964. The molecule has 0 radical (unpaired) electrons. The Kier molecular flexibility index (Phi) is 4.69.